The van der Waals surface area contributed by atoms with Crippen LogP contribution in [0.1, 0.15) is 46.3 Å². The van der Waals surface area contributed by atoms with E-state index in [1.54, 1.807) is 12.1 Å². The van der Waals surface area contributed by atoms with Crippen LogP contribution in [0, 0.1) is 0 Å². The van der Waals surface area contributed by atoms with Gasteiger partial charge in [0.2, 0.25) is 0 Å². The zero-order valence-corrected chi connectivity index (χ0v) is 17.2. The molecule has 4 rings (SSSR count). The fraction of sp³-hybridized carbons (Fsp3) is 0.160. The Morgan fingerprint density at radius 2 is 1.77 bits per heavy atom. The highest BCUT2D eigenvalue weighted by Gasteiger charge is 2.22. The molecule has 3 aromatic carbocycles. The van der Waals surface area contributed by atoms with Gasteiger partial charge >= 0.3 is 5.97 Å². The second kappa shape index (κ2) is 8.64. The number of rotatable bonds is 6. The molecular formula is C25H22ClNO3. The summed E-state index contributed by atoms with van der Waals surface area (Å²) in [6, 6.07) is 20.9. The summed E-state index contributed by atoms with van der Waals surface area (Å²) in [5.41, 5.74) is 11.4. The average molecular weight is 420 g/mol. The van der Waals surface area contributed by atoms with Crippen molar-refractivity contribution in [1.82, 2.24) is 0 Å². The van der Waals surface area contributed by atoms with Crippen LogP contribution >= 0.6 is 11.6 Å². The number of nitrogens with two attached hydrogens (primary N) is 1. The highest BCUT2D eigenvalue weighted by Crippen LogP contribution is 2.44. The van der Waals surface area contributed by atoms with Crippen LogP contribution in [0.4, 0.5) is 5.69 Å². The predicted molar refractivity (Wildman–Crippen MR) is 121 cm³/mol. The molecule has 0 unspecified atom stereocenters. The number of allylic oxidation sites excluding steroid dienone is 2. The Morgan fingerprint density at radius 1 is 1.00 bits per heavy atom. The highest BCUT2D eigenvalue weighted by molar-refractivity contribution is 6.30. The molecule has 0 aliphatic heterocycles. The Balaban J connectivity index is 1.74. The normalized spacial score (nSPS) is 13.5. The number of aromatic carboxylic acids is 1. The summed E-state index contributed by atoms with van der Waals surface area (Å²) in [7, 11) is 0. The van der Waals surface area contributed by atoms with E-state index in [-0.39, 0.29) is 11.3 Å². The minimum atomic E-state index is -1.02. The first-order chi connectivity index (χ1) is 14.5. The quantitative estimate of drug-likeness (QED) is 0.460. The Hall–Kier alpha value is -3.24. The van der Waals surface area contributed by atoms with E-state index in [1.165, 1.54) is 0 Å². The summed E-state index contributed by atoms with van der Waals surface area (Å²) in [5, 5.41) is 10.1. The van der Waals surface area contributed by atoms with Gasteiger partial charge in [-0.15, -0.1) is 0 Å². The van der Waals surface area contributed by atoms with Crippen LogP contribution in [-0.4, -0.2) is 11.1 Å². The number of carbonyl (C=O) groups is 1. The van der Waals surface area contributed by atoms with E-state index in [0.29, 0.717) is 11.6 Å². The van der Waals surface area contributed by atoms with Crippen LogP contribution in [0.3, 0.4) is 0 Å². The lowest BCUT2D eigenvalue weighted by Gasteiger charge is -2.16. The Kier molecular flexibility index (Phi) is 5.77. The molecule has 0 aromatic heterocycles. The third kappa shape index (κ3) is 4.19. The summed E-state index contributed by atoms with van der Waals surface area (Å²) in [6.07, 6.45) is 2.73. The maximum absolute atomic E-state index is 11.5. The molecule has 0 heterocycles. The topological polar surface area (TPSA) is 72.5 Å². The van der Waals surface area contributed by atoms with Gasteiger partial charge in [-0.25, -0.2) is 4.79 Å². The molecule has 30 heavy (non-hydrogen) atoms. The van der Waals surface area contributed by atoms with Crippen molar-refractivity contribution >= 4 is 34.4 Å². The van der Waals surface area contributed by atoms with Crippen molar-refractivity contribution in [2.45, 2.75) is 25.9 Å². The highest BCUT2D eigenvalue weighted by atomic mass is 35.5. The van der Waals surface area contributed by atoms with E-state index in [4.69, 9.17) is 22.1 Å². The molecule has 0 saturated heterocycles. The monoisotopic (exact) mass is 419 g/mol. The molecule has 0 spiro atoms. The van der Waals surface area contributed by atoms with Crippen LogP contribution < -0.4 is 10.5 Å². The number of hydrogen-bond acceptors (Lipinski definition) is 3. The molecule has 1 aliphatic rings. The molecule has 152 valence electrons. The SMILES string of the molecule is Nc1ccc(C2=C(c3cc(Cl)ccc3OCc3ccccc3)CCC2)cc1C(=O)O. The van der Waals surface area contributed by atoms with E-state index in [1.807, 2.05) is 54.6 Å². The van der Waals surface area contributed by atoms with Crippen molar-refractivity contribution in [2.75, 3.05) is 5.73 Å². The van der Waals surface area contributed by atoms with Gasteiger partial charge in [0.15, 0.2) is 0 Å². The van der Waals surface area contributed by atoms with Gasteiger partial charge in [0.1, 0.15) is 12.4 Å². The standard InChI is InChI=1S/C25H22ClNO3/c26-18-10-12-24(30-15-16-5-2-1-3-6-16)21(14-18)20-8-4-7-19(20)17-9-11-23(27)22(13-17)25(28)29/h1-3,5-6,9-14H,4,7-8,15,27H2,(H,28,29). The van der Waals surface area contributed by atoms with Crippen molar-refractivity contribution in [3.05, 3.63) is 94.0 Å². The molecular weight excluding hydrogens is 398 g/mol. The van der Waals surface area contributed by atoms with E-state index in [2.05, 4.69) is 0 Å². The number of ether oxygens (including phenoxy) is 1. The summed E-state index contributed by atoms with van der Waals surface area (Å²) in [6.45, 7) is 0.461. The molecule has 5 heteroatoms. The minimum Gasteiger partial charge on any atom is -0.488 e. The van der Waals surface area contributed by atoms with Crippen LogP contribution in [0.2, 0.25) is 5.02 Å². The lowest BCUT2D eigenvalue weighted by molar-refractivity contribution is 0.0698. The van der Waals surface area contributed by atoms with Crippen molar-refractivity contribution in [3.8, 4) is 5.75 Å². The maximum Gasteiger partial charge on any atom is 0.337 e. The van der Waals surface area contributed by atoms with Crippen molar-refractivity contribution in [3.63, 3.8) is 0 Å². The number of benzene rings is 3. The largest absolute Gasteiger partial charge is 0.488 e. The summed E-state index contributed by atoms with van der Waals surface area (Å²) in [5.74, 6) is -0.254. The number of nitrogen functional groups attached to an aromatic ring is 1. The van der Waals surface area contributed by atoms with Gasteiger partial charge < -0.3 is 15.6 Å². The first-order valence-corrected chi connectivity index (χ1v) is 10.2. The number of carboxylic acid groups (broad SMARTS) is 1. The maximum atomic E-state index is 11.5. The van der Waals surface area contributed by atoms with Crippen LogP contribution in [0.25, 0.3) is 11.1 Å². The first-order valence-electron chi connectivity index (χ1n) is 9.85. The van der Waals surface area contributed by atoms with Gasteiger partial charge in [-0.3, -0.25) is 0 Å². The first kappa shape index (κ1) is 20.0. The second-order valence-corrected chi connectivity index (χ2v) is 7.77. The smallest absolute Gasteiger partial charge is 0.337 e. The van der Waals surface area contributed by atoms with Gasteiger partial charge in [0, 0.05) is 16.3 Å². The molecule has 0 amide bonds. The van der Waals surface area contributed by atoms with E-state index < -0.39 is 5.97 Å². The fourth-order valence-corrected chi connectivity index (χ4v) is 4.06. The molecule has 0 radical (unpaired) electrons. The molecule has 0 atom stereocenters. The third-order valence-corrected chi connectivity index (χ3v) is 5.59. The van der Waals surface area contributed by atoms with Gasteiger partial charge in [0.05, 0.1) is 5.56 Å². The zero-order chi connectivity index (χ0) is 21.1. The molecule has 1 aliphatic carbocycles. The fourth-order valence-electron chi connectivity index (χ4n) is 3.89. The minimum absolute atomic E-state index is 0.123. The number of carboxylic acids is 1. The third-order valence-electron chi connectivity index (χ3n) is 5.35. The molecule has 0 fully saturated rings. The van der Waals surface area contributed by atoms with Crippen molar-refractivity contribution in [1.29, 1.82) is 0 Å². The molecule has 0 bridgehead atoms. The zero-order valence-electron chi connectivity index (χ0n) is 16.4. The number of hydrogen-bond donors (Lipinski definition) is 2. The van der Waals surface area contributed by atoms with Gasteiger partial charge in [0.25, 0.3) is 0 Å². The van der Waals surface area contributed by atoms with Crippen molar-refractivity contribution in [2.24, 2.45) is 0 Å². The number of anilines is 1. The van der Waals surface area contributed by atoms with E-state index in [0.717, 1.165) is 52.8 Å². The Labute approximate surface area is 180 Å². The Morgan fingerprint density at radius 3 is 2.53 bits per heavy atom. The van der Waals surface area contributed by atoms with E-state index in [9.17, 15) is 9.90 Å². The lowest BCUT2D eigenvalue weighted by atomic mass is 9.95. The predicted octanol–water partition coefficient (Wildman–Crippen LogP) is 6.29. The molecule has 0 saturated carbocycles. The van der Waals surface area contributed by atoms with Crippen LogP contribution in [0.15, 0.2) is 66.7 Å². The molecule has 4 nitrogen and oxygen atoms in total. The Bertz CT molecular complexity index is 1120. The van der Waals surface area contributed by atoms with Crippen LogP contribution in [-0.2, 0) is 6.61 Å². The summed E-state index contributed by atoms with van der Waals surface area (Å²) < 4.78 is 6.15. The van der Waals surface area contributed by atoms with Crippen LogP contribution in [0.5, 0.6) is 5.75 Å². The van der Waals surface area contributed by atoms with Gasteiger partial charge in [-0.1, -0.05) is 48.0 Å². The van der Waals surface area contributed by atoms with Crippen molar-refractivity contribution < 1.29 is 14.6 Å². The molecule has 3 N–H and O–H groups in total. The van der Waals surface area contributed by atoms with Gasteiger partial charge in [-0.05, 0) is 71.9 Å². The second-order valence-electron chi connectivity index (χ2n) is 7.33. The summed E-state index contributed by atoms with van der Waals surface area (Å²) >= 11 is 6.32. The molecule has 3 aromatic rings. The average Bonchev–Trinajstić information content (AvgIpc) is 3.23. The number of halogens is 1. The van der Waals surface area contributed by atoms with Gasteiger partial charge in [-0.2, -0.15) is 0 Å². The lowest BCUT2D eigenvalue weighted by Crippen LogP contribution is -2.03. The summed E-state index contributed by atoms with van der Waals surface area (Å²) in [4.78, 5) is 11.5. The van der Waals surface area contributed by atoms with E-state index >= 15 is 0 Å².